The van der Waals surface area contributed by atoms with Crippen molar-refractivity contribution in [1.82, 2.24) is 4.98 Å². The minimum Gasteiger partial charge on any atom is -0.456 e. The van der Waals surface area contributed by atoms with Gasteiger partial charge in [-0.3, -0.25) is 9.78 Å². The van der Waals surface area contributed by atoms with Gasteiger partial charge in [0.1, 0.15) is 5.60 Å². The standard InChI is InChI=1S/C24H23ClN2O3/c1-15-7-5-6-8-19(15)22(28)20-10-9-17(12-21(20)25)27-18-11-16(13-26-14-18)23(29)30-24(2,3)4/h5-14,27H,1-4H3. The number of nitrogens with one attached hydrogen (secondary N) is 1. The van der Waals surface area contributed by atoms with Crippen LogP contribution >= 0.6 is 11.6 Å². The minimum absolute atomic E-state index is 0.127. The van der Waals surface area contributed by atoms with Gasteiger partial charge in [0.2, 0.25) is 0 Å². The molecule has 0 aliphatic heterocycles. The Morgan fingerprint density at radius 3 is 2.37 bits per heavy atom. The summed E-state index contributed by atoms with van der Waals surface area (Å²) in [6.45, 7) is 7.31. The Kier molecular flexibility index (Phi) is 6.22. The molecule has 2 aromatic carbocycles. The summed E-state index contributed by atoms with van der Waals surface area (Å²) in [5.41, 5.74) is 2.97. The predicted octanol–water partition coefficient (Wildman–Crippen LogP) is 5.97. The van der Waals surface area contributed by atoms with E-state index in [0.29, 0.717) is 33.1 Å². The van der Waals surface area contributed by atoms with E-state index in [4.69, 9.17) is 16.3 Å². The quantitative estimate of drug-likeness (QED) is 0.405. The number of aryl methyl sites for hydroxylation is 1. The molecule has 3 rings (SSSR count). The van der Waals surface area contributed by atoms with Crippen molar-refractivity contribution < 1.29 is 14.3 Å². The van der Waals surface area contributed by atoms with E-state index in [9.17, 15) is 9.59 Å². The number of carbonyl (C=O) groups excluding carboxylic acids is 2. The third-order valence-corrected chi connectivity index (χ3v) is 4.58. The lowest BCUT2D eigenvalue weighted by Crippen LogP contribution is -2.24. The number of ether oxygens (including phenoxy) is 1. The first-order valence-corrected chi connectivity index (χ1v) is 9.87. The van der Waals surface area contributed by atoms with Crippen LogP contribution in [0.4, 0.5) is 11.4 Å². The third-order valence-electron chi connectivity index (χ3n) is 4.26. The zero-order valence-corrected chi connectivity index (χ0v) is 18.1. The second kappa shape index (κ2) is 8.67. The zero-order valence-electron chi connectivity index (χ0n) is 17.3. The van der Waals surface area contributed by atoms with Gasteiger partial charge in [-0.15, -0.1) is 0 Å². The Morgan fingerprint density at radius 1 is 0.967 bits per heavy atom. The van der Waals surface area contributed by atoms with E-state index in [1.54, 1.807) is 36.5 Å². The Hall–Kier alpha value is -3.18. The lowest BCUT2D eigenvalue weighted by atomic mass is 9.99. The number of nitrogens with zero attached hydrogens (tertiary/aromatic N) is 1. The molecular formula is C24H23ClN2O3. The number of rotatable bonds is 5. The minimum atomic E-state index is -0.590. The van der Waals surface area contributed by atoms with Crippen molar-refractivity contribution in [2.75, 3.05) is 5.32 Å². The smallest absolute Gasteiger partial charge is 0.340 e. The van der Waals surface area contributed by atoms with Gasteiger partial charge in [0.25, 0.3) is 0 Å². The highest BCUT2D eigenvalue weighted by atomic mass is 35.5. The van der Waals surface area contributed by atoms with Gasteiger partial charge in [-0.25, -0.2) is 4.79 Å². The van der Waals surface area contributed by atoms with Gasteiger partial charge in [0.15, 0.2) is 5.78 Å². The molecule has 0 aliphatic rings. The van der Waals surface area contributed by atoms with Crippen LogP contribution in [-0.4, -0.2) is 22.3 Å². The van der Waals surface area contributed by atoms with Crippen LogP contribution in [0.15, 0.2) is 60.9 Å². The highest BCUT2D eigenvalue weighted by molar-refractivity contribution is 6.35. The van der Waals surface area contributed by atoms with Gasteiger partial charge in [0.05, 0.1) is 22.5 Å². The van der Waals surface area contributed by atoms with Crippen LogP contribution in [0.2, 0.25) is 5.02 Å². The maximum atomic E-state index is 12.8. The number of benzene rings is 2. The Labute approximate surface area is 181 Å². The summed E-state index contributed by atoms with van der Waals surface area (Å²) in [7, 11) is 0. The average Bonchev–Trinajstić information content (AvgIpc) is 2.67. The number of carbonyl (C=O) groups is 2. The molecular weight excluding hydrogens is 400 g/mol. The summed E-state index contributed by atoms with van der Waals surface area (Å²) in [4.78, 5) is 29.2. The summed E-state index contributed by atoms with van der Waals surface area (Å²) < 4.78 is 5.38. The molecule has 30 heavy (non-hydrogen) atoms. The lowest BCUT2D eigenvalue weighted by Gasteiger charge is -2.19. The van der Waals surface area contributed by atoms with Gasteiger partial charge in [-0.2, -0.15) is 0 Å². The van der Waals surface area contributed by atoms with Gasteiger partial charge >= 0.3 is 5.97 Å². The Balaban J connectivity index is 1.80. The number of esters is 1. The van der Waals surface area contributed by atoms with Crippen molar-refractivity contribution in [1.29, 1.82) is 0 Å². The number of aromatic nitrogens is 1. The molecule has 0 amide bonds. The largest absolute Gasteiger partial charge is 0.456 e. The molecule has 1 N–H and O–H groups in total. The fourth-order valence-electron chi connectivity index (χ4n) is 2.87. The number of hydrogen-bond donors (Lipinski definition) is 1. The van der Waals surface area contributed by atoms with Crippen LogP contribution in [0, 0.1) is 6.92 Å². The third kappa shape index (κ3) is 5.24. The van der Waals surface area contributed by atoms with Crippen molar-refractivity contribution in [2.24, 2.45) is 0 Å². The maximum absolute atomic E-state index is 12.8. The first-order chi connectivity index (χ1) is 14.1. The number of pyridine rings is 1. The van der Waals surface area contributed by atoms with Crippen molar-refractivity contribution in [3.63, 3.8) is 0 Å². The normalized spacial score (nSPS) is 11.1. The van der Waals surface area contributed by atoms with Gasteiger partial charge in [0, 0.05) is 23.0 Å². The van der Waals surface area contributed by atoms with Crippen LogP contribution in [0.1, 0.15) is 52.6 Å². The molecule has 5 nitrogen and oxygen atoms in total. The highest BCUT2D eigenvalue weighted by Gasteiger charge is 2.19. The molecule has 0 atom stereocenters. The average molecular weight is 423 g/mol. The second-order valence-corrected chi connectivity index (χ2v) is 8.34. The SMILES string of the molecule is Cc1ccccc1C(=O)c1ccc(Nc2cncc(C(=O)OC(C)(C)C)c2)cc1Cl. The molecule has 0 radical (unpaired) electrons. The number of ketones is 1. The van der Waals surface area contributed by atoms with Crippen molar-refractivity contribution in [3.8, 4) is 0 Å². The van der Waals surface area contributed by atoms with Crippen LogP contribution in [0.5, 0.6) is 0 Å². The first-order valence-electron chi connectivity index (χ1n) is 9.49. The van der Waals surface area contributed by atoms with Gasteiger partial charge in [-0.1, -0.05) is 35.9 Å². The Bertz CT molecular complexity index is 1100. The van der Waals surface area contributed by atoms with E-state index >= 15 is 0 Å². The predicted molar refractivity (Wildman–Crippen MR) is 119 cm³/mol. The van der Waals surface area contributed by atoms with E-state index in [-0.39, 0.29) is 5.78 Å². The Morgan fingerprint density at radius 2 is 1.70 bits per heavy atom. The van der Waals surface area contributed by atoms with E-state index in [0.717, 1.165) is 5.56 Å². The van der Waals surface area contributed by atoms with Crippen LogP contribution in [-0.2, 0) is 4.74 Å². The highest BCUT2D eigenvalue weighted by Crippen LogP contribution is 2.27. The molecule has 1 heterocycles. The number of hydrogen-bond acceptors (Lipinski definition) is 5. The molecule has 0 spiro atoms. The maximum Gasteiger partial charge on any atom is 0.340 e. The molecule has 6 heteroatoms. The summed E-state index contributed by atoms with van der Waals surface area (Å²) in [6.07, 6.45) is 3.05. The molecule has 154 valence electrons. The van der Waals surface area contributed by atoms with E-state index in [1.165, 1.54) is 6.20 Å². The molecule has 3 aromatic rings. The monoisotopic (exact) mass is 422 g/mol. The second-order valence-electron chi connectivity index (χ2n) is 7.93. The fourth-order valence-corrected chi connectivity index (χ4v) is 3.14. The molecule has 0 saturated carbocycles. The molecule has 0 saturated heterocycles. The zero-order chi connectivity index (χ0) is 21.9. The molecule has 0 fully saturated rings. The van der Waals surface area contributed by atoms with Gasteiger partial charge < -0.3 is 10.1 Å². The fraction of sp³-hybridized carbons (Fsp3) is 0.208. The van der Waals surface area contributed by atoms with Crippen LogP contribution < -0.4 is 5.32 Å². The van der Waals surface area contributed by atoms with Gasteiger partial charge in [-0.05, 0) is 57.5 Å². The van der Waals surface area contributed by atoms with E-state index < -0.39 is 11.6 Å². The molecule has 0 bridgehead atoms. The van der Waals surface area contributed by atoms with Crippen LogP contribution in [0.3, 0.4) is 0 Å². The summed E-state index contributed by atoms with van der Waals surface area (Å²) in [6, 6.07) is 14.2. The summed E-state index contributed by atoms with van der Waals surface area (Å²) in [5.74, 6) is -0.575. The lowest BCUT2D eigenvalue weighted by molar-refractivity contribution is 0.00690. The van der Waals surface area contributed by atoms with Crippen molar-refractivity contribution >= 4 is 34.7 Å². The topological polar surface area (TPSA) is 68.3 Å². The van der Waals surface area contributed by atoms with E-state index in [1.807, 2.05) is 45.9 Å². The first kappa shape index (κ1) is 21.5. The van der Waals surface area contributed by atoms with Crippen LogP contribution in [0.25, 0.3) is 0 Å². The summed E-state index contributed by atoms with van der Waals surface area (Å²) >= 11 is 6.40. The number of anilines is 2. The van der Waals surface area contributed by atoms with Crippen molar-refractivity contribution in [2.45, 2.75) is 33.3 Å². The molecule has 0 aliphatic carbocycles. The van der Waals surface area contributed by atoms with E-state index in [2.05, 4.69) is 10.3 Å². The molecule has 0 unspecified atom stereocenters. The molecule has 1 aromatic heterocycles. The van der Waals surface area contributed by atoms with Crippen molar-refractivity contribution in [3.05, 3.63) is 88.2 Å². The number of halogens is 1. The summed E-state index contributed by atoms with van der Waals surface area (Å²) in [5, 5.41) is 3.49.